The molecule has 0 saturated heterocycles. The smallest absolute Gasteiger partial charge is 0.387 e. The summed E-state index contributed by atoms with van der Waals surface area (Å²) in [5.74, 6) is -1.63. The fraction of sp³-hybridized carbons (Fsp3) is 0.214. The summed E-state index contributed by atoms with van der Waals surface area (Å²) < 4.78 is 92.5. The predicted molar refractivity (Wildman–Crippen MR) is 147 cm³/mol. The molecule has 1 heterocycles. The van der Waals surface area contributed by atoms with E-state index in [9.17, 15) is 21.6 Å². The Morgan fingerprint density at radius 1 is 1.20 bits per heavy atom. The Bertz CT molecular complexity index is 1510. The number of sulfonamides is 1. The van der Waals surface area contributed by atoms with Crippen LogP contribution in [0.15, 0.2) is 71.8 Å². The molecule has 1 aliphatic rings. The van der Waals surface area contributed by atoms with Gasteiger partial charge in [0.05, 0.1) is 22.2 Å². The molecule has 0 atom stereocenters. The van der Waals surface area contributed by atoms with Crippen molar-refractivity contribution in [2.45, 2.75) is 31.8 Å². The van der Waals surface area contributed by atoms with Crippen molar-refractivity contribution in [3.8, 4) is 11.5 Å². The molecule has 12 heteroatoms. The van der Waals surface area contributed by atoms with Crippen molar-refractivity contribution in [3.63, 3.8) is 0 Å². The third-order valence-corrected chi connectivity index (χ3v) is 7.78. The summed E-state index contributed by atoms with van der Waals surface area (Å²) in [6, 6.07) is 11.5. The van der Waals surface area contributed by atoms with Gasteiger partial charge in [0, 0.05) is 23.6 Å². The molecule has 40 heavy (non-hydrogen) atoms. The van der Waals surface area contributed by atoms with Gasteiger partial charge in [-0.3, -0.25) is 4.31 Å². The first-order valence-electron chi connectivity index (χ1n) is 11.9. The zero-order valence-electron chi connectivity index (χ0n) is 21.5. The Kier molecular flexibility index (Phi) is 10.1. The Morgan fingerprint density at radius 2 is 1.88 bits per heavy atom. The quantitative estimate of drug-likeness (QED) is 0.170. The summed E-state index contributed by atoms with van der Waals surface area (Å²) in [7, 11) is -4.38. The molecule has 0 fully saturated rings. The lowest BCUT2D eigenvalue weighted by molar-refractivity contribution is -0.0499. The van der Waals surface area contributed by atoms with Gasteiger partial charge in [-0.1, -0.05) is 37.2 Å². The number of fused-ring (bicyclic) bond motifs is 1. The van der Waals surface area contributed by atoms with Crippen molar-refractivity contribution >= 4 is 39.0 Å². The van der Waals surface area contributed by atoms with E-state index < -0.39 is 28.3 Å². The first-order chi connectivity index (χ1) is 18.9. The normalized spacial score (nSPS) is 13.2. The van der Waals surface area contributed by atoms with Crippen LogP contribution < -0.4 is 13.8 Å². The number of hydrogen-bond acceptors (Lipinski definition) is 5. The number of anilines is 1. The molecule has 1 aliphatic heterocycles. The van der Waals surface area contributed by atoms with Gasteiger partial charge in [-0.2, -0.15) is 8.78 Å². The number of benzene rings is 3. The summed E-state index contributed by atoms with van der Waals surface area (Å²) in [6.07, 6.45) is 2.01. The third-order valence-electron chi connectivity index (χ3n) is 5.67. The van der Waals surface area contributed by atoms with Crippen molar-refractivity contribution < 1.29 is 40.6 Å². The summed E-state index contributed by atoms with van der Waals surface area (Å²) in [4.78, 5) is -0.363. The van der Waals surface area contributed by atoms with E-state index in [0.717, 1.165) is 10.4 Å². The van der Waals surface area contributed by atoms with Crippen LogP contribution >= 0.6 is 11.6 Å². The van der Waals surface area contributed by atoms with Crippen molar-refractivity contribution in [1.82, 2.24) is 0 Å². The second kappa shape index (κ2) is 13.1. The molecule has 0 aromatic heterocycles. The number of aliphatic hydroxyl groups is 1. The number of ether oxygens (including phenoxy) is 2. The van der Waals surface area contributed by atoms with Gasteiger partial charge in [0.1, 0.15) is 29.6 Å². The molecular formula is C28H26ClF4NO5S. The zero-order chi connectivity index (χ0) is 29.6. The highest BCUT2D eigenvalue weighted by Crippen LogP contribution is 2.40. The van der Waals surface area contributed by atoms with Gasteiger partial charge < -0.3 is 14.6 Å². The maximum atomic E-state index is 15.7. The topological polar surface area (TPSA) is 76.1 Å². The Balaban J connectivity index is 0.000000810. The van der Waals surface area contributed by atoms with E-state index in [1.165, 1.54) is 54.6 Å². The fourth-order valence-electron chi connectivity index (χ4n) is 3.73. The van der Waals surface area contributed by atoms with Crippen LogP contribution in [0.1, 0.15) is 31.4 Å². The van der Waals surface area contributed by atoms with Crippen LogP contribution in [0.25, 0.3) is 11.6 Å². The lowest BCUT2D eigenvalue weighted by Crippen LogP contribution is -2.38. The molecular weight excluding hydrogens is 574 g/mol. The van der Waals surface area contributed by atoms with Gasteiger partial charge in [0.15, 0.2) is 5.82 Å². The highest BCUT2D eigenvalue weighted by atomic mass is 35.5. The van der Waals surface area contributed by atoms with E-state index in [1.54, 1.807) is 6.92 Å². The number of aliphatic hydroxyl groups excluding tert-OH is 1. The molecule has 0 radical (unpaired) electrons. The summed E-state index contributed by atoms with van der Waals surface area (Å²) in [5, 5.41) is 8.30. The number of allylic oxidation sites excluding steroid dienone is 2. The van der Waals surface area contributed by atoms with E-state index >= 15 is 4.39 Å². The van der Waals surface area contributed by atoms with E-state index in [0.29, 0.717) is 12.0 Å². The van der Waals surface area contributed by atoms with Gasteiger partial charge in [-0.05, 0) is 55.0 Å². The lowest BCUT2D eigenvalue weighted by Gasteiger charge is -2.31. The Hall–Kier alpha value is -3.70. The molecule has 0 bridgehead atoms. The summed E-state index contributed by atoms with van der Waals surface area (Å²) in [5.41, 5.74) is 0.0245. The fourth-order valence-corrected chi connectivity index (χ4v) is 5.54. The number of hydrogen-bond donors (Lipinski definition) is 1. The van der Waals surface area contributed by atoms with Crippen LogP contribution in [-0.4, -0.2) is 33.3 Å². The second-order valence-corrected chi connectivity index (χ2v) is 10.7. The van der Waals surface area contributed by atoms with Gasteiger partial charge in [0.25, 0.3) is 10.0 Å². The minimum absolute atomic E-state index is 0.0176. The average molecular weight is 600 g/mol. The number of nitrogens with zero attached hydrogens (tertiary/aromatic N) is 1. The maximum absolute atomic E-state index is 15.7. The van der Waals surface area contributed by atoms with Crippen molar-refractivity contribution in [2.75, 3.05) is 17.5 Å². The number of halogens is 5. The van der Waals surface area contributed by atoms with Gasteiger partial charge in [0.2, 0.25) is 0 Å². The molecule has 3 aromatic rings. The molecule has 3 aromatic carbocycles. The summed E-state index contributed by atoms with van der Waals surface area (Å²) in [6.45, 7) is 3.20. The summed E-state index contributed by atoms with van der Waals surface area (Å²) >= 11 is 6.10. The SMILES string of the molecule is C/C(=C\c1ccc2c(c1F)N(S(=O)(=O)c1cccc(OC(F)F)c1)CCO2)c1c(F)cccc1Cl.C=C(O)CC. The average Bonchev–Trinajstić information content (AvgIpc) is 2.90. The van der Waals surface area contributed by atoms with Crippen molar-refractivity contribution in [3.05, 3.63) is 94.7 Å². The molecule has 4 rings (SSSR count). The van der Waals surface area contributed by atoms with Crippen LogP contribution in [0.3, 0.4) is 0 Å². The number of rotatable bonds is 7. The highest BCUT2D eigenvalue weighted by Gasteiger charge is 2.34. The molecule has 1 N–H and O–H groups in total. The van der Waals surface area contributed by atoms with Gasteiger partial charge in [-0.25, -0.2) is 17.2 Å². The van der Waals surface area contributed by atoms with Crippen LogP contribution in [0.5, 0.6) is 11.5 Å². The second-order valence-electron chi connectivity index (χ2n) is 8.44. The first-order valence-corrected chi connectivity index (χ1v) is 13.7. The highest BCUT2D eigenvalue weighted by molar-refractivity contribution is 7.92. The van der Waals surface area contributed by atoms with Gasteiger partial charge in [-0.15, -0.1) is 0 Å². The van der Waals surface area contributed by atoms with E-state index in [1.807, 2.05) is 6.92 Å². The molecule has 0 amide bonds. The predicted octanol–water partition coefficient (Wildman–Crippen LogP) is 7.84. The largest absolute Gasteiger partial charge is 0.513 e. The minimum Gasteiger partial charge on any atom is -0.513 e. The standard InChI is InChI=1S/C24H18ClF4NO4S.C4H8O/c1-14(21-18(25)6-3-7-19(21)26)12-15-8-9-20-23(22(15)27)30(10-11-33-20)35(31,32)17-5-2-4-16(13-17)34-24(28)29;1-3-4(2)5/h2-9,12-13,24H,10-11H2,1H3;5H,2-3H2,1H3/b14-12+;. The van der Waals surface area contributed by atoms with E-state index in [-0.39, 0.29) is 57.1 Å². The molecule has 0 unspecified atom stereocenters. The molecule has 0 aliphatic carbocycles. The van der Waals surface area contributed by atoms with E-state index in [4.69, 9.17) is 21.4 Å². The minimum atomic E-state index is -4.38. The lowest BCUT2D eigenvalue weighted by atomic mass is 10.0. The van der Waals surface area contributed by atoms with Crippen LogP contribution in [0.2, 0.25) is 5.02 Å². The first kappa shape index (κ1) is 30.8. The van der Waals surface area contributed by atoms with E-state index in [2.05, 4.69) is 11.3 Å². The van der Waals surface area contributed by atoms with Crippen LogP contribution in [0, 0.1) is 11.6 Å². The molecule has 6 nitrogen and oxygen atoms in total. The molecule has 0 saturated carbocycles. The zero-order valence-corrected chi connectivity index (χ0v) is 23.1. The van der Waals surface area contributed by atoms with Crippen LogP contribution in [0.4, 0.5) is 23.2 Å². The molecule has 214 valence electrons. The van der Waals surface area contributed by atoms with Crippen molar-refractivity contribution in [2.24, 2.45) is 0 Å². The van der Waals surface area contributed by atoms with Gasteiger partial charge >= 0.3 is 6.61 Å². The number of alkyl halides is 2. The Morgan fingerprint density at radius 3 is 2.50 bits per heavy atom. The molecule has 0 spiro atoms. The maximum Gasteiger partial charge on any atom is 0.387 e. The monoisotopic (exact) mass is 599 g/mol. The van der Waals surface area contributed by atoms with Crippen molar-refractivity contribution in [1.29, 1.82) is 0 Å². The Labute approximate surface area is 234 Å². The van der Waals surface area contributed by atoms with Crippen LogP contribution in [-0.2, 0) is 10.0 Å². The third kappa shape index (κ3) is 7.08.